The van der Waals surface area contributed by atoms with Crippen molar-refractivity contribution in [2.45, 2.75) is 31.0 Å². The monoisotopic (exact) mass is 409 g/mol. The zero-order valence-corrected chi connectivity index (χ0v) is 15.2. The van der Waals surface area contributed by atoms with E-state index in [4.69, 9.17) is 4.74 Å². The fourth-order valence-electron chi connectivity index (χ4n) is 2.19. The van der Waals surface area contributed by atoms with Crippen molar-refractivity contribution in [3.8, 4) is 5.75 Å². The number of methoxy groups -OCH3 is 1. The molecule has 2 amide bonds. The number of hydrogen-bond acceptors (Lipinski definition) is 6. The van der Waals surface area contributed by atoms with E-state index < -0.39 is 40.0 Å². The zero-order valence-electron chi connectivity index (χ0n) is 14.4. The van der Waals surface area contributed by atoms with E-state index in [1.807, 2.05) is 0 Å². The summed E-state index contributed by atoms with van der Waals surface area (Å²) in [4.78, 5) is 24.8. The lowest BCUT2D eigenvalue weighted by atomic mass is 10.1. The molecule has 1 aliphatic heterocycles. The van der Waals surface area contributed by atoms with Gasteiger partial charge in [0.15, 0.2) is 6.10 Å². The Labute approximate surface area is 154 Å². The number of likely N-dealkylation sites (tertiary alicyclic amines) is 1. The molecule has 1 aromatic carbocycles. The summed E-state index contributed by atoms with van der Waals surface area (Å²) in [5.41, 5.74) is -5.13. The molecule has 2 rings (SSSR count). The van der Waals surface area contributed by atoms with Crippen molar-refractivity contribution in [1.29, 1.82) is 0 Å². The third-order valence-corrected chi connectivity index (χ3v) is 4.54. The van der Waals surface area contributed by atoms with Crippen LogP contribution >= 0.6 is 0 Å². The molecule has 27 heavy (non-hydrogen) atoms. The van der Waals surface area contributed by atoms with Crippen molar-refractivity contribution in [2.75, 3.05) is 7.11 Å². The summed E-state index contributed by atoms with van der Waals surface area (Å²) < 4.78 is 68.3. The first-order chi connectivity index (χ1) is 12.5. The van der Waals surface area contributed by atoms with Crippen LogP contribution in [0.2, 0.25) is 0 Å². The Balaban J connectivity index is 0.00000176. The number of alkyl halides is 3. The van der Waals surface area contributed by atoms with Gasteiger partial charge in [0, 0.05) is 6.42 Å². The first-order valence-electron chi connectivity index (χ1n) is 7.52. The first kappa shape index (κ1) is 22.6. The summed E-state index contributed by atoms with van der Waals surface area (Å²) in [6, 6.07) is 6.29. The Morgan fingerprint density at radius 1 is 1.19 bits per heavy atom. The maximum absolute atomic E-state index is 12.4. The number of nitrogens with zero attached hydrogens (tertiary/aromatic N) is 1. The smallest absolute Gasteiger partial charge is 0.497 e. The average molecular weight is 409 g/mol. The minimum Gasteiger partial charge on any atom is -0.497 e. The van der Waals surface area contributed by atoms with Crippen LogP contribution in [-0.4, -0.2) is 43.9 Å². The van der Waals surface area contributed by atoms with Gasteiger partial charge in [0.05, 0.1) is 13.7 Å². The lowest BCUT2D eigenvalue weighted by molar-refractivity contribution is -0.155. The lowest BCUT2D eigenvalue weighted by Crippen LogP contribution is -2.49. The van der Waals surface area contributed by atoms with Crippen LogP contribution in [0.15, 0.2) is 37.4 Å². The van der Waals surface area contributed by atoms with Crippen LogP contribution in [0, 0.1) is 0 Å². The number of ether oxygens (including phenoxy) is 1. The Morgan fingerprint density at radius 2 is 1.74 bits per heavy atom. The lowest BCUT2D eigenvalue weighted by Gasteiger charge is -2.30. The molecule has 1 atom stereocenters. The molecular formula is C16H18F3NO6S. The van der Waals surface area contributed by atoms with Crippen molar-refractivity contribution in [2.24, 2.45) is 0 Å². The molecule has 1 heterocycles. The van der Waals surface area contributed by atoms with E-state index in [1.54, 1.807) is 24.3 Å². The molecule has 1 saturated heterocycles. The van der Waals surface area contributed by atoms with Crippen molar-refractivity contribution in [1.82, 2.24) is 4.90 Å². The van der Waals surface area contributed by atoms with E-state index in [0.29, 0.717) is 16.2 Å². The number of piperidine rings is 1. The average Bonchev–Trinajstić information content (AvgIpc) is 2.62. The summed E-state index contributed by atoms with van der Waals surface area (Å²) in [5, 5.41) is 0. The molecule has 0 saturated carbocycles. The van der Waals surface area contributed by atoms with Crippen LogP contribution < -0.4 is 4.74 Å². The molecule has 0 N–H and O–H groups in total. The molecule has 1 unspecified atom stereocenters. The van der Waals surface area contributed by atoms with Crippen molar-refractivity contribution in [3.05, 3.63) is 43.0 Å². The molecule has 0 radical (unpaired) electrons. The minimum absolute atomic E-state index is 0.215. The molecule has 1 aliphatic rings. The molecular weight excluding hydrogens is 391 g/mol. The van der Waals surface area contributed by atoms with E-state index in [2.05, 4.69) is 17.3 Å². The quantitative estimate of drug-likeness (QED) is 0.321. The van der Waals surface area contributed by atoms with Crippen LogP contribution in [0.5, 0.6) is 5.75 Å². The van der Waals surface area contributed by atoms with E-state index in [1.165, 1.54) is 7.11 Å². The second-order valence-electron chi connectivity index (χ2n) is 5.19. The molecule has 7 nitrogen and oxygen atoms in total. The number of benzene rings is 1. The van der Waals surface area contributed by atoms with Gasteiger partial charge in [0.1, 0.15) is 5.75 Å². The summed E-state index contributed by atoms with van der Waals surface area (Å²) in [6.07, 6.45) is -2.63. The van der Waals surface area contributed by atoms with Gasteiger partial charge in [0.2, 0.25) is 5.91 Å². The number of carbonyl (C=O) groups is 2. The van der Waals surface area contributed by atoms with Crippen LogP contribution in [-0.2, 0) is 30.4 Å². The standard InChI is InChI=1S/C14H14F3NO6S.C2H4/c1-23-10-4-2-9(3-5-10)8-18-12(19)7-6-11(13(18)20)24-25(21,22)14(15,16)17;1-2/h2-5,11H,6-8H2,1H3;1-2H2. The molecule has 1 fully saturated rings. The first-order valence-corrected chi connectivity index (χ1v) is 8.92. The van der Waals surface area contributed by atoms with Gasteiger partial charge < -0.3 is 4.74 Å². The third-order valence-electron chi connectivity index (χ3n) is 3.49. The van der Waals surface area contributed by atoms with Gasteiger partial charge in [-0.1, -0.05) is 12.1 Å². The number of imide groups is 1. The predicted molar refractivity (Wildman–Crippen MR) is 88.9 cm³/mol. The molecule has 0 aliphatic carbocycles. The molecule has 11 heteroatoms. The molecule has 0 spiro atoms. The van der Waals surface area contributed by atoms with Crippen LogP contribution in [0.1, 0.15) is 18.4 Å². The Morgan fingerprint density at radius 3 is 2.22 bits per heavy atom. The fourth-order valence-corrected chi connectivity index (χ4v) is 2.78. The maximum atomic E-state index is 12.4. The van der Waals surface area contributed by atoms with Crippen molar-refractivity contribution < 1.29 is 40.1 Å². The second kappa shape index (κ2) is 9.00. The molecule has 0 aromatic heterocycles. The molecule has 1 aromatic rings. The van der Waals surface area contributed by atoms with Gasteiger partial charge in [0.25, 0.3) is 5.91 Å². The summed E-state index contributed by atoms with van der Waals surface area (Å²) in [7, 11) is -4.47. The van der Waals surface area contributed by atoms with E-state index >= 15 is 0 Å². The van der Waals surface area contributed by atoms with Gasteiger partial charge in [-0.3, -0.25) is 14.5 Å². The summed E-state index contributed by atoms with van der Waals surface area (Å²) >= 11 is 0. The highest BCUT2D eigenvalue weighted by Gasteiger charge is 2.50. The number of rotatable bonds is 5. The maximum Gasteiger partial charge on any atom is 0.523 e. The summed E-state index contributed by atoms with van der Waals surface area (Å²) in [6.45, 7) is 5.79. The highest BCUT2D eigenvalue weighted by atomic mass is 32.2. The van der Waals surface area contributed by atoms with Crippen molar-refractivity contribution in [3.63, 3.8) is 0 Å². The zero-order chi connectivity index (χ0) is 20.8. The van der Waals surface area contributed by atoms with Gasteiger partial charge in [-0.15, -0.1) is 13.2 Å². The minimum atomic E-state index is -5.93. The Bertz CT molecular complexity index is 776. The van der Waals surface area contributed by atoms with Gasteiger partial charge in [-0.25, -0.2) is 4.18 Å². The highest BCUT2D eigenvalue weighted by Crippen LogP contribution is 2.29. The normalized spacial score (nSPS) is 17.9. The van der Waals surface area contributed by atoms with E-state index in [9.17, 15) is 31.2 Å². The van der Waals surface area contributed by atoms with Crippen LogP contribution in [0.3, 0.4) is 0 Å². The third kappa shape index (κ3) is 5.54. The number of carbonyl (C=O) groups excluding carboxylic acids is 2. The molecule has 150 valence electrons. The van der Waals surface area contributed by atoms with Crippen LogP contribution in [0.4, 0.5) is 13.2 Å². The second-order valence-corrected chi connectivity index (χ2v) is 6.75. The Kier molecular flexibility index (Phi) is 7.55. The van der Waals surface area contributed by atoms with E-state index in [-0.39, 0.29) is 13.0 Å². The molecule has 0 bridgehead atoms. The van der Waals surface area contributed by atoms with Gasteiger partial charge in [-0.2, -0.15) is 21.6 Å². The van der Waals surface area contributed by atoms with Gasteiger partial charge >= 0.3 is 15.6 Å². The topological polar surface area (TPSA) is 90.0 Å². The SMILES string of the molecule is C=C.COc1ccc(CN2C(=O)CCC(OS(=O)(=O)C(F)(F)F)C2=O)cc1. The van der Waals surface area contributed by atoms with Gasteiger partial charge in [-0.05, 0) is 24.1 Å². The van der Waals surface area contributed by atoms with E-state index in [0.717, 1.165) is 0 Å². The van der Waals surface area contributed by atoms with Crippen molar-refractivity contribution >= 4 is 21.9 Å². The number of hydrogen-bond donors (Lipinski definition) is 0. The van der Waals surface area contributed by atoms with Crippen LogP contribution in [0.25, 0.3) is 0 Å². The Hall–Kier alpha value is -2.40. The summed E-state index contributed by atoms with van der Waals surface area (Å²) in [5.74, 6) is -1.21. The fraction of sp³-hybridized carbons (Fsp3) is 0.375. The number of amides is 2. The highest BCUT2D eigenvalue weighted by molar-refractivity contribution is 7.87. The predicted octanol–water partition coefficient (Wildman–Crippen LogP) is 2.38. The number of halogens is 3. The largest absolute Gasteiger partial charge is 0.523 e.